The fourth-order valence-electron chi connectivity index (χ4n) is 2.98. The summed E-state index contributed by atoms with van der Waals surface area (Å²) < 4.78 is 18.1. The number of rotatable bonds is 5. The lowest BCUT2D eigenvalue weighted by Crippen LogP contribution is -2.23. The van der Waals surface area contributed by atoms with E-state index < -0.39 is 0 Å². The molecule has 4 aromatic rings. The van der Waals surface area contributed by atoms with Crippen molar-refractivity contribution in [2.24, 2.45) is 0 Å². The Morgan fingerprint density at radius 3 is 2.61 bits per heavy atom. The molecule has 0 N–H and O–H groups in total. The molecule has 4 rings (SSSR count). The van der Waals surface area contributed by atoms with Crippen molar-refractivity contribution in [1.29, 1.82) is 0 Å². The number of hydrogen-bond acceptors (Lipinski definition) is 4. The second-order valence-electron chi connectivity index (χ2n) is 6.47. The molecule has 6 nitrogen and oxygen atoms in total. The second kappa shape index (κ2) is 7.44. The van der Waals surface area contributed by atoms with E-state index in [0.717, 1.165) is 11.0 Å². The Hall–Kier alpha value is -2.58. The summed E-state index contributed by atoms with van der Waals surface area (Å²) in [6.07, 6.45) is 0. The third-order valence-corrected chi connectivity index (χ3v) is 5.74. The van der Waals surface area contributed by atoms with Crippen molar-refractivity contribution in [3.05, 3.63) is 58.9 Å². The molecule has 144 valence electrons. The molecule has 0 spiro atoms. The monoisotopic (exact) mass is 417 g/mol. The van der Waals surface area contributed by atoms with Crippen LogP contribution in [0.5, 0.6) is 0 Å². The highest BCUT2D eigenvalue weighted by molar-refractivity contribution is 7.99. The van der Waals surface area contributed by atoms with Gasteiger partial charge in [0.15, 0.2) is 5.16 Å². The first-order valence-corrected chi connectivity index (χ1v) is 9.92. The molecule has 2 aromatic carbocycles. The summed E-state index contributed by atoms with van der Waals surface area (Å²) in [5.74, 6) is 0.449. The summed E-state index contributed by atoms with van der Waals surface area (Å²) in [5, 5.41) is 9.51. The minimum Gasteiger partial charge on any atom is -0.348 e. The lowest BCUT2D eigenvalue weighted by Gasteiger charge is -2.08. The summed E-state index contributed by atoms with van der Waals surface area (Å²) in [5.41, 5.74) is 2.16. The maximum atomic E-state index is 14.3. The maximum absolute atomic E-state index is 14.3. The molecule has 0 unspecified atom stereocenters. The number of hydrogen-bond donors (Lipinski definition) is 0. The van der Waals surface area contributed by atoms with Gasteiger partial charge in [0.25, 0.3) is 0 Å². The number of fused-ring (bicyclic) bond motifs is 3. The smallest absolute Gasteiger partial charge is 0.237 e. The molecule has 28 heavy (non-hydrogen) atoms. The van der Waals surface area contributed by atoms with E-state index in [1.54, 1.807) is 26.2 Å². The Balaban J connectivity index is 1.82. The fourth-order valence-corrected chi connectivity index (χ4v) is 4.12. The van der Waals surface area contributed by atoms with Crippen molar-refractivity contribution in [2.75, 3.05) is 19.8 Å². The Bertz CT molecular complexity index is 1170. The van der Waals surface area contributed by atoms with Gasteiger partial charge in [0.1, 0.15) is 5.82 Å². The first-order chi connectivity index (χ1) is 13.5. The number of aromatic nitrogens is 4. The zero-order chi connectivity index (χ0) is 19.8. The van der Waals surface area contributed by atoms with E-state index in [2.05, 4.69) is 10.2 Å². The third kappa shape index (κ3) is 3.22. The topological polar surface area (TPSA) is 55.4 Å². The van der Waals surface area contributed by atoms with Crippen molar-refractivity contribution in [3.8, 4) is 0 Å². The van der Waals surface area contributed by atoms with Crippen LogP contribution >= 0.6 is 23.4 Å². The number of carbonyl (C=O) groups excluding carboxylic acids is 1. The highest BCUT2D eigenvalue weighted by atomic mass is 35.5. The van der Waals surface area contributed by atoms with Gasteiger partial charge in [-0.05, 0) is 24.3 Å². The zero-order valence-corrected chi connectivity index (χ0v) is 16.8. The first kappa shape index (κ1) is 18.8. The average Bonchev–Trinajstić information content (AvgIpc) is 3.22. The molecule has 2 aromatic heterocycles. The van der Waals surface area contributed by atoms with Crippen LogP contribution in [0.1, 0.15) is 5.56 Å². The summed E-state index contributed by atoms with van der Waals surface area (Å²) in [4.78, 5) is 13.5. The van der Waals surface area contributed by atoms with E-state index in [1.165, 1.54) is 22.7 Å². The normalized spacial score (nSPS) is 11.4. The summed E-state index contributed by atoms with van der Waals surface area (Å²) in [6, 6.07) is 12.4. The number of thioether (sulfide) groups is 1. The van der Waals surface area contributed by atoms with E-state index in [-0.39, 0.29) is 24.0 Å². The third-order valence-electron chi connectivity index (χ3n) is 4.47. The van der Waals surface area contributed by atoms with Crippen LogP contribution in [0.3, 0.4) is 0 Å². The van der Waals surface area contributed by atoms with Crippen LogP contribution in [0.25, 0.3) is 16.8 Å². The molecule has 9 heteroatoms. The molecule has 0 aliphatic rings. The van der Waals surface area contributed by atoms with Gasteiger partial charge in [-0.15, -0.1) is 10.2 Å². The highest BCUT2D eigenvalue weighted by Gasteiger charge is 2.19. The van der Waals surface area contributed by atoms with Gasteiger partial charge >= 0.3 is 0 Å². The molecule has 0 saturated carbocycles. The van der Waals surface area contributed by atoms with Gasteiger partial charge in [-0.25, -0.2) is 4.39 Å². The fraction of sp³-hybridized carbons (Fsp3) is 0.211. The number of halogens is 2. The lowest BCUT2D eigenvalue weighted by atomic mass is 10.2. The predicted molar refractivity (Wildman–Crippen MR) is 108 cm³/mol. The zero-order valence-electron chi connectivity index (χ0n) is 15.3. The van der Waals surface area contributed by atoms with E-state index >= 15 is 0 Å². The molecule has 1 amide bonds. The number of nitrogens with zero attached hydrogens (tertiary/aromatic N) is 5. The number of benzene rings is 2. The molecular weight excluding hydrogens is 401 g/mol. The summed E-state index contributed by atoms with van der Waals surface area (Å²) in [7, 11) is 3.43. The quantitative estimate of drug-likeness (QED) is 0.464. The SMILES string of the molecule is CN(C)C(=O)CSc1nnc2n(Cc3c(F)cccc3Cl)c3ccccc3n12. The van der Waals surface area contributed by atoms with Crippen LogP contribution in [-0.2, 0) is 11.3 Å². The van der Waals surface area contributed by atoms with E-state index in [0.29, 0.717) is 21.5 Å². The molecule has 0 radical (unpaired) electrons. The highest BCUT2D eigenvalue weighted by Crippen LogP contribution is 2.28. The Labute approximate surface area is 169 Å². The van der Waals surface area contributed by atoms with E-state index in [4.69, 9.17) is 11.6 Å². The lowest BCUT2D eigenvalue weighted by molar-refractivity contribution is -0.125. The van der Waals surface area contributed by atoms with Crippen LogP contribution < -0.4 is 0 Å². The van der Waals surface area contributed by atoms with Gasteiger partial charge in [-0.2, -0.15) is 0 Å². The Kier molecular flexibility index (Phi) is 4.99. The molecule has 0 fully saturated rings. The molecule has 0 saturated heterocycles. The number of imidazole rings is 1. The number of carbonyl (C=O) groups is 1. The first-order valence-electron chi connectivity index (χ1n) is 8.55. The molecular formula is C19H17ClFN5OS. The maximum Gasteiger partial charge on any atom is 0.237 e. The van der Waals surface area contributed by atoms with Gasteiger partial charge in [0, 0.05) is 24.7 Å². The van der Waals surface area contributed by atoms with Crippen molar-refractivity contribution in [2.45, 2.75) is 11.7 Å². The Morgan fingerprint density at radius 1 is 1.14 bits per heavy atom. The van der Waals surface area contributed by atoms with Gasteiger partial charge in [0.05, 0.1) is 23.3 Å². The summed E-state index contributed by atoms with van der Waals surface area (Å²) in [6.45, 7) is 0.224. The molecule has 0 bridgehead atoms. The molecule has 0 aliphatic heterocycles. The minimum atomic E-state index is -0.367. The van der Waals surface area contributed by atoms with E-state index in [1.807, 2.05) is 33.2 Å². The van der Waals surface area contributed by atoms with Gasteiger partial charge in [-0.3, -0.25) is 9.20 Å². The van der Waals surface area contributed by atoms with Crippen molar-refractivity contribution < 1.29 is 9.18 Å². The molecule has 2 heterocycles. The van der Waals surface area contributed by atoms with Crippen molar-refractivity contribution in [3.63, 3.8) is 0 Å². The number of para-hydroxylation sites is 2. The predicted octanol–water partition coefficient (Wildman–Crippen LogP) is 3.71. The average molecular weight is 418 g/mol. The Morgan fingerprint density at radius 2 is 1.89 bits per heavy atom. The molecule has 0 atom stereocenters. The number of amides is 1. The largest absolute Gasteiger partial charge is 0.348 e. The van der Waals surface area contributed by atoms with Crippen LogP contribution in [0.15, 0.2) is 47.6 Å². The standard InChI is InChI=1S/C19H17ClFN5OS/c1-24(2)17(27)11-28-19-23-22-18-25(10-12-13(20)6-5-7-14(12)21)15-8-3-4-9-16(15)26(18)19/h3-9H,10-11H2,1-2H3. The van der Waals surface area contributed by atoms with Crippen molar-refractivity contribution >= 4 is 46.1 Å². The van der Waals surface area contributed by atoms with Crippen molar-refractivity contribution in [1.82, 2.24) is 24.1 Å². The summed E-state index contributed by atoms with van der Waals surface area (Å²) >= 11 is 7.54. The minimum absolute atomic E-state index is 0.0105. The van der Waals surface area contributed by atoms with Crippen LogP contribution in [0, 0.1) is 5.82 Å². The van der Waals surface area contributed by atoms with Crippen LogP contribution in [-0.4, -0.2) is 49.8 Å². The van der Waals surface area contributed by atoms with Gasteiger partial charge in [0.2, 0.25) is 11.7 Å². The van der Waals surface area contributed by atoms with Crippen LogP contribution in [0.2, 0.25) is 5.02 Å². The van der Waals surface area contributed by atoms with Gasteiger partial charge in [-0.1, -0.05) is 41.6 Å². The molecule has 0 aliphatic carbocycles. The van der Waals surface area contributed by atoms with Crippen LogP contribution in [0.4, 0.5) is 4.39 Å². The second-order valence-corrected chi connectivity index (χ2v) is 7.82. The van der Waals surface area contributed by atoms with Gasteiger partial charge < -0.3 is 9.47 Å². The van der Waals surface area contributed by atoms with E-state index in [9.17, 15) is 9.18 Å².